The molecule has 2 aromatic carbocycles. The first kappa shape index (κ1) is 25.7. The predicted molar refractivity (Wildman–Crippen MR) is 147 cm³/mol. The van der Waals surface area contributed by atoms with Gasteiger partial charge in [0.2, 0.25) is 0 Å². The molecule has 184 valence electrons. The van der Waals surface area contributed by atoms with Crippen molar-refractivity contribution in [2.24, 2.45) is 0 Å². The predicted octanol–water partition coefficient (Wildman–Crippen LogP) is 7.17. The second-order valence-corrected chi connectivity index (χ2v) is 10.2. The van der Waals surface area contributed by atoms with E-state index in [0.29, 0.717) is 6.61 Å². The van der Waals surface area contributed by atoms with E-state index in [0.717, 1.165) is 36.5 Å². The van der Waals surface area contributed by atoms with Crippen molar-refractivity contribution >= 4 is 28.6 Å². The van der Waals surface area contributed by atoms with Crippen molar-refractivity contribution in [3.05, 3.63) is 110 Å². The number of nitrogens with zero attached hydrogens (tertiary/aromatic N) is 1. The molecule has 2 heterocycles. The van der Waals surface area contributed by atoms with Crippen LogP contribution in [-0.2, 0) is 31.0 Å². The molecule has 0 amide bonds. The van der Waals surface area contributed by atoms with E-state index in [1.165, 1.54) is 16.7 Å². The average Bonchev–Trinajstić information content (AvgIpc) is 3.57. The summed E-state index contributed by atoms with van der Waals surface area (Å²) >= 11 is 3.47. The van der Waals surface area contributed by atoms with Gasteiger partial charge in [0, 0.05) is 19.6 Å². The Bertz CT molecular complexity index is 1250. The molecule has 0 aliphatic rings. The summed E-state index contributed by atoms with van der Waals surface area (Å²) in [5, 5.41) is 17.8. The minimum absolute atomic E-state index is 0.0102. The van der Waals surface area contributed by atoms with E-state index in [2.05, 4.69) is 74.7 Å². The number of hydrogen-bond donors (Lipinski definition) is 1. The van der Waals surface area contributed by atoms with Gasteiger partial charge in [0.15, 0.2) is 0 Å². The van der Waals surface area contributed by atoms with Crippen LogP contribution in [0.1, 0.15) is 47.1 Å². The molecule has 0 radical (unpaired) electrons. The van der Waals surface area contributed by atoms with Crippen LogP contribution in [0.3, 0.4) is 0 Å². The summed E-state index contributed by atoms with van der Waals surface area (Å²) in [6.45, 7) is 4.88. The maximum atomic E-state index is 11.1. The SMILES string of the molecule is CC#C[C@@H](CC(=O)O)c1ccc(OCc2cccc(CN(Cc3ccsc3)Cc3ccsc3)c2)cc1. The lowest BCUT2D eigenvalue weighted by Crippen LogP contribution is -2.22. The van der Waals surface area contributed by atoms with Crippen molar-refractivity contribution in [3.63, 3.8) is 0 Å². The Kier molecular flexibility index (Phi) is 9.34. The van der Waals surface area contributed by atoms with Gasteiger partial charge < -0.3 is 9.84 Å². The zero-order valence-electron chi connectivity index (χ0n) is 20.2. The fourth-order valence-electron chi connectivity index (χ4n) is 4.09. The standard InChI is InChI=1S/C30H29NO3S2/c1-2-4-28(16-30(32)33)27-7-9-29(10-8-27)34-20-24-6-3-5-23(15-24)17-31(18-25-11-13-35-21-25)19-26-12-14-36-22-26/h3,5-15,21-22,28H,16-20H2,1H3,(H,32,33)/t28-/m0/s1. The first-order valence-corrected chi connectivity index (χ1v) is 13.7. The van der Waals surface area contributed by atoms with Gasteiger partial charge in [0.05, 0.1) is 12.3 Å². The first-order valence-electron chi connectivity index (χ1n) is 11.8. The van der Waals surface area contributed by atoms with Crippen LogP contribution in [-0.4, -0.2) is 16.0 Å². The van der Waals surface area contributed by atoms with E-state index < -0.39 is 5.97 Å². The van der Waals surface area contributed by atoms with Crippen molar-refractivity contribution in [3.8, 4) is 17.6 Å². The van der Waals surface area contributed by atoms with E-state index in [-0.39, 0.29) is 12.3 Å². The molecule has 0 unspecified atom stereocenters. The number of carboxylic acid groups (broad SMARTS) is 1. The van der Waals surface area contributed by atoms with Gasteiger partial charge in [-0.2, -0.15) is 22.7 Å². The van der Waals surface area contributed by atoms with Gasteiger partial charge in [-0.25, -0.2) is 0 Å². The van der Waals surface area contributed by atoms with Crippen molar-refractivity contribution < 1.29 is 14.6 Å². The van der Waals surface area contributed by atoms with Gasteiger partial charge in [-0.15, -0.1) is 5.92 Å². The summed E-state index contributed by atoms with van der Waals surface area (Å²) in [7, 11) is 0. The number of hydrogen-bond acceptors (Lipinski definition) is 5. The Morgan fingerprint density at radius 1 is 0.917 bits per heavy atom. The van der Waals surface area contributed by atoms with Crippen LogP contribution in [0.15, 0.2) is 82.2 Å². The average molecular weight is 516 g/mol. The normalized spacial score (nSPS) is 11.6. The number of ether oxygens (including phenoxy) is 1. The molecule has 0 aliphatic heterocycles. The second kappa shape index (κ2) is 13.1. The summed E-state index contributed by atoms with van der Waals surface area (Å²) in [5.41, 5.74) is 5.94. The third-order valence-corrected chi connectivity index (χ3v) is 7.22. The third kappa shape index (κ3) is 7.82. The summed E-state index contributed by atoms with van der Waals surface area (Å²) in [6, 6.07) is 20.5. The highest BCUT2D eigenvalue weighted by Gasteiger charge is 2.13. The Labute approximate surface area is 220 Å². The number of carboxylic acids is 1. The summed E-state index contributed by atoms with van der Waals surface area (Å²) in [5.74, 6) is 5.39. The Morgan fingerprint density at radius 3 is 2.14 bits per heavy atom. The van der Waals surface area contributed by atoms with Crippen LogP contribution in [0.4, 0.5) is 0 Å². The Morgan fingerprint density at radius 2 is 1.56 bits per heavy atom. The highest BCUT2D eigenvalue weighted by molar-refractivity contribution is 7.08. The molecule has 36 heavy (non-hydrogen) atoms. The number of benzene rings is 2. The van der Waals surface area contributed by atoms with Crippen LogP contribution in [0.25, 0.3) is 0 Å². The number of aliphatic carboxylic acids is 1. The molecule has 0 aliphatic carbocycles. The van der Waals surface area contributed by atoms with Crippen molar-refractivity contribution in [1.82, 2.24) is 4.90 Å². The van der Waals surface area contributed by atoms with Crippen LogP contribution in [0.5, 0.6) is 5.75 Å². The van der Waals surface area contributed by atoms with Crippen LogP contribution < -0.4 is 4.74 Å². The van der Waals surface area contributed by atoms with Crippen LogP contribution in [0, 0.1) is 11.8 Å². The topological polar surface area (TPSA) is 49.8 Å². The van der Waals surface area contributed by atoms with Gasteiger partial charge in [-0.05, 0) is 80.5 Å². The molecule has 0 saturated carbocycles. The maximum Gasteiger partial charge on any atom is 0.304 e. The monoisotopic (exact) mass is 515 g/mol. The summed E-state index contributed by atoms with van der Waals surface area (Å²) in [4.78, 5) is 13.6. The van der Waals surface area contributed by atoms with E-state index in [4.69, 9.17) is 9.84 Å². The first-order chi connectivity index (χ1) is 17.6. The summed E-state index contributed by atoms with van der Waals surface area (Å²) in [6.07, 6.45) is -0.0102. The van der Waals surface area contributed by atoms with Gasteiger partial charge >= 0.3 is 5.97 Å². The molecule has 0 fully saturated rings. The molecule has 4 rings (SSSR count). The fourth-order valence-corrected chi connectivity index (χ4v) is 5.41. The van der Waals surface area contributed by atoms with Crippen LogP contribution >= 0.6 is 22.7 Å². The minimum atomic E-state index is -0.854. The van der Waals surface area contributed by atoms with E-state index in [9.17, 15) is 4.79 Å². The molecular formula is C30H29NO3S2. The molecular weight excluding hydrogens is 486 g/mol. The zero-order chi connectivity index (χ0) is 25.2. The molecule has 1 atom stereocenters. The number of carbonyl (C=O) groups is 1. The van der Waals surface area contributed by atoms with Gasteiger partial charge in [0.1, 0.15) is 12.4 Å². The molecule has 4 aromatic rings. The molecule has 0 bridgehead atoms. The highest BCUT2D eigenvalue weighted by Crippen LogP contribution is 2.23. The smallest absolute Gasteiger partial charge is 0.304 e. The lowest BCUT2D eigenvalue weighted by atomic mass is 9.96. The minimum Gasteiger partial charge on any atom is -0.489 e. The number of rotatable bonds is 12. The molecule has 4 nitrogen and oxygen atoms in total. The van der Waals surface area contributed by atoms with Crippen molar-refractivity contribution in [2.75, 3.05) is 0 Å². The third-order valence-electron chi connectivity index (χ3n) is 5.76. The van der Waals surface area contributed by atoms with Gasteiger partial charge in [0.25, 0.3) is 0 Å². The van der Waals surface area contributed by atoms with Crippen molar-refractivity contribution in [2.45, 2.75) is 45.5 Å². The highest BCUT2D eigenvalue weighted by atomic mass is 32.1. The van der Waals surface area contributed by atoms with Gasteiger partial charge in [-0.3, -0.25) is 9.69 Å². The van der Waals surface area contributed by atoms with E-state index >= 15 is 0 Å². The number of thiophene rings is 2. The Hall–Kier alpha value is -3.37. The van der Waals surface area contributed by atoms with Crippen molar-refractivity contribution in [1.29, 1.82) is 0 Å². The zero-order valence-corrected chi connectivity index (χ0v) is 21.9. The van der Waals surface area contributed by atoms with E-state index in [1.54, 1.807) is 29.6 Å². The molecule has 6 heteroatoms. The molecule has 0 spiro atoms. The molecule has 0 saturated heterocycles. The van der Waals surface area contributed by atoms with Gasteiger partial charge in [-0.1, -0.05) is 42.3 Å². The molecule has 1 N–H and O–H groups in total. The summed E-state index contributed by atoms with van der Waals surface area (Å²) < 4.78 is 6.04. The maximum absolute atomic E-state index is 11.1. The van der Waals surface area contributed by atoms with Crippen LogP contribution in [0.2, 0.25) is 0 Å². The Balaban J connectivity index is 1.38. The lowest BCUT2D eigenvalue weighted by molar-refractivity contribution is -0.137. The molecule has 2 aromatic heterocycles. The quantitative estimate of drug-likeness (QED) is 0.203. The second-order valence-electron chi connectivity index (χ2n) is 8.63. The van der Waals surface area contributed by atoms with E-state index in [1.807, 2.05) is 24.3 Å². The fraction of sp³-hybridized carbons (Fsp3) is 0.233. The largest absolute Gasteiger partial charge is 0.489 e. The lowest BCUT2D eigenvalue weighted by Gasteiger charge is -2.22.